The summed E-state index contributed by atoms with van der Waals surface area (Å²) in [5.74, 6) is -0.0770. The maximum atomic E-state index is 11.9. The number of thiazole rings is 1. The molecule has 128 valence electrons. The van der Waals surface area contributed by atoms with Crippen molar-refractivity contribution in [3.63, 3.8) is 0 Å². The van der Waals surface area contributed by atoms with Crippen molar-refractivity contribution in [1.29, 1.82) is 0 Å². The Balaban J connectivity index is 1.85. The van der Waals surface area contributed by atoms with Crippen LogP contribution < -0.4 is 16.0 Å². The average molecular weight is 367 g/mol. The van der Waals surface area contributed by atoms with Gasteiger partial charge in [0.05, 0.1) is 12.1 Å². The van der Waals surface area contributed by atoms with Gasteiger partial charge in [0.1, 0.15) is 0 Å². The van der Waals surface area contributed by atoms with E-state index in [0.29, 0.717) is 21.5 Å². The Bertz CT molecular complexity index is 702. The van der Waals surface area contributed by atoms with Crippen molar-refractivity contribution >= 4 is 45.7 Å². The number of nitrogens with zero attached hydrogens (tertiary/aromatic N) is 1. The number of rotatable bonds is 6. The first-order valence-electron chi connectivity index (χ1n) is 7.53. The second-order valence-corrected chi connectivity index (χ2v) is 6.58. The molecule has 1 atom stereocenters. The Kier molecular flexibility index (Phi) is 6.57. The topological polar surface area (TPSA) is 83.1 Å². The van der Waals surface area contributed by atoms with Gasteiger partial charge in [0, 0.05) is 22.1 Å². The van der Waals surface area contributed by atoms with Gasteiger partial charge in [-0.2, -0.15) is 0 Å². The van der Waals surface area contributed by atoms with Gasteiger partial charge in [-0.3, -0.25) is 10.1 Å². The van der Waals surface area contributed by atoms with Gasteiger partial charge in [-0.25, -0.2) is 9.78 Å². The van der Waals surface area contributed by atoms with Crippen LogP contribution in [0.5, 0.6) is 0 Å². The highest BCUT2D eigenvalue weighted by Gasteiger charge is 2.11. The van der Waals surface area contributed by atoms with Gasteiger partial charge in [-0.15, -0.1) is 11.3 Å². The van der Waals surface area contributed by atoms with E-state index in [1.54, 1.807) is 29.6 Å². The van der Waals surface area contributed by atoms with E-state index in [2.05, 4.69) is 20.9 Å². The largest absolute Gasteiger partial charge is 0.353 e. The van der Waals surface area contributed by atoms with E-state index in [1.807, 2.05) is 13.8 Å². The Morgan fingerprint density at radius 1 is 1.25 bits per heavy atom. The zero-order chi connectivity index (χ0) is 17.5. The maximum absolute atomic E-state index is 11.9. The van der Waals surface area contributed by atoms with Crippen molar-refractivity contribution in [2.75, 3.05) is 10.6 Å². The first kappa shape index (κ1) is 18.2. The average Bonchev–Trinajstić information content (AvgIpc) is 2.96. The Hall–Kier alpha value is -2.12. The molecule has 2 rings (SSSR count). The van der Waals surface area contributed by atoms with Crippen LogP contribution in [0.3, 0.4) is 0 Å². The van der Waals surface area contributed by atoms with Crippen molar-refractivity contribution < 1.29 is 9.59 Å². The normalized spacial score (nSPS) is 11.6. The standard InChI is InChI=1S/C16H19ClN4O2S/c1-3-10(2)18-14(22)8-13-9-24-16(20-13)21-15(23)19-12-6-4-11(17)5-7-12/h4-7,9-10H,3,8H2,1-2H3,(H,18,22)(H2,19,20,21,23)/t10-/m0/s1. The van der Waals surface area contributed by atoms with E-state index in [1.165, 1.54) is 11.3 Å². The summed E-state index contributed by atoms with van der Waals surface area (Å²) in [5, 5.41) is 11.0. The van der Waals surface area contributed by atoms with Crippen LogP contribution in [0, 0.1) is 0 Å². The van der Waals surface area contributed by atoms with Gasteiger partial charge < -0.3 is 10.6 Å². The molecule has 2 aromatic rings. The fourth-order valence-corrected chi connectivity index (χ4v) is 2.66. The number of nitrogens with one attached hydrogen (secondary N) is 3. The summed E-state index contributed by atoms with van der Waals surface area (Å²) in [4.78, 5) is 28.0. The highest BCUT2D eigenvalue weighted by Crippen LogP contribution is 2.17. The van der Waals surface area contributed by atoms with E-state index in [0.717, 1.165) is 6.42 Å². The molecule has 0 aliphatic rings. The molecule has 0 aliphatic carbocycles. The van der Waals surface area contributed by atoms with Crippen LogP contribution in [-0.4, -0.2) is 23.0 Å². The molecule has 0 saturated carbocycles. The second kappa shape index (κ2) is 8.65. The van der Waals surface area contributed by atoms with Crippen LogP contribution in [0.2, 0.25) is 5.02 Å². The third-order valence-corrected chi connectivity index (χ3v) is 4.29. The molecular weight excluding hydrogens is 348 g/mol. The summed E-state index contributed by atoms with van der Waals surface area (Å²) >= 11 is 7.07. The number of carbonyl (C=O) groups excluding carboxylic acids is 2. The summed E-state index contributed by atoms with van der Waals surface area (Å²) < 4.78 is 0. The molecule has 6 nitrogen and oxygen atoms in total. The lowest BCUT2D eigenvalue weighted by molar-refractivity contribution is -0.121. The zero-order valence-corrected chi connectivity index (χ0v) is 15.0. The molecule has 0 unspecified atom stereocenters. The number of hydrogen-bond acceptors (Lipinski definition) is 4. The summed E-state index contributed by atoms with van der Waals surface area (Å²) in [5.41, 5.74) is 1.25. The fourth-order valence-electron chi connectivity index (χ4n) is 1.83. The summed E-state index contributed by atoms with van der Waals surface area (Å²) in [6, 6.07) is 6.52. The highest BCUT2D eigenvalue weighted by molar-refractivity contribution is 7.14. The predicted molar refractivity (Wildman–Crippen MR) is 97.8 cm³/mol. The number of hydrogen-bond donors (Lipinski definition) is 3. The highest BCUT2D eigenvalue weighted by atomic mass is 35.5. The van der Waals surface area contributed by atoms with E-state index < -0.39 is 6.03 Å². The van der Waals surface area contributed by atoms with E-state index in [9.17, 15) is 9.59 Å². The number of carbonyl (C=O) groups is 2. The minimum absolute atomic E-state index is 0.0770. The predicted octanol–water partition coefficient (Wildman–Crippen LogP) is 3.90. The van der Waals surface area contributed by atoms with Crippen molar-refractivity contribution in [2.45, 2.75) is 32.7 Å². The molecule has 24 heavy (non-hydrogen) atoms. The molecule has 3 amide bonds. The van der Waals surface area contributed by atoms with Crippen molar-refractivity contribution in [3.05, 3.63) is 40.4 Å². The number of halogens is 1. The number of aromatic nitrogens is 1. The lowest BCUT2D eigenvalue weighted by atomic mass is 10.2. The smallest absolute Gasteiger partial charge is 0.325 e. The van der Waals surface area contributed by atoms with Gasteiger partial charge in [-0.05, 0) is 37.6 Å². The Morgan fingerprint density at radius 3 is 2.62 bits per heavy atom. The zero-order valence-electron chi connectivity index (χ0n) is 13.4. The third kappa shape index (κ3) is 5.82. The van der Waals surface area contributed by atoms with E-state index >= 15 is 0 Å². The number of amides is 3. The fraction of sp³-hybridized carbons (Fsp3) is 0.312. The minimum atomic E-state index is -0.401. The molecule has 8 heteroatoms. The van der Waals surface area contributed by atoms with Gasteiger partial charge >= 0.3 is 6.03 Å². The monoisotopic (exact) mass is 366 g/mol. The number of anilines is 2. The van der Waals surface area contributed by atoms with Crippen LogP contribution in [0.15, 0.2) is 29.6 Å². The van der Waals surface area contributed by atoms with Crippen LogP contribution in [0.1, 0.15) is 26.0 Å². The molecule has 0 spiro atoms. The lowest BCUT2D eigenvalue weighted by Gasteiger charge is -2.10. The van der Waals surface area contributed by atoms with Crippen LogP contribution >= 0.6 is 22.9 Å². The molecule has 1 aromatic heterocycles. The molecule has 0 fully saturated rings. The first-order chi connectivity index (χ1) is 11.5. The summed E-state index contributed by atoms with van der Waals surface area (Å²) in [7, 11) is 0. The van der Waals surface area contributed by atoms with E-state index in [4.69, 9.17) is 11.6 Å². The van der Waals surface area contributed by atoms with Crippen molar-refractivity contribution in [1.82, 2.24) is 10.3 Å². The van der Waals surface area contributed by atoms with Crippen LogP contribution in [-0.2, 0) is 11.2 Å². The van der Waals surface area contributed by atoms with Gasteiger partial charge in [0.25, 0.3) is 0 Å². The van der Waals surface area contributed by atoms with Gasteiger partial charge in [0.2, 0.25) is 5.91 Å². The molecule has 1 heterocycles. The quantitative estimate of drug-likeness (QED) is 0.725. The molecule has 0 saturated heterocycles. The van der Waals surface area contributed by atoms with Crippen molar-refractivity contribution in [2.24, 2.45) is 0 Å². The second-order valence-electron chi connectivity index (χ2n) is 5.28. The maximum Gasteiger partial charge on any atom is 0.325 e. The van der Waals surface area contributed by atoms with Gasteiger partial charge in [-0.1, -0.05) is 18.5 Å². The van der Waals surface area contributed by atoms with E-state index in [-0.39, 0.29) is 18.4 Å². The Morgan fingerprint density at radius 2 is 1.96 bits per heavy atom. The molecule has 0 aliphatic heterocycles. The Labute approximate surface area is 149 Å². The molecular formula is C16H19ClN4O2S. The minimum Gasteiger partial charge on any atom is -0.353 e. The first-order valence-corrected chi connectivity index (χ1v) is 8.79. The molecule has 0 bridgehead atoms. The van der Waals surface area contributed by atoms with Gasteiger partial charge in [0.15, 0.2) is 5.13 Å². The molecule has 0 radical (unpaired) electrons. The van der Waals surface area contributed by atoms with Crippen LogP contribution in [0.4, 0.5) is 15.6 Å². The third-order valence-electron chi connectivity index (χ3n) is 3.24. The molecule has 1 aromatic carbocycles. The lowest BCUT2D eigenvalue weighted by Crippen LogP contribution is -2.33. The van der Waals surface area contributed by atoms with Crippen molar-refractivity contribution in [3.8, 4) is 0 Å². The number of urea groups is 1. The molecule has 3 N–H and O–H groups in total. The summed E-state index contributed by atoms with van der Waals surface area (Å²) in [6.45, 7) is 3.96. The summed E-state index contributed by atoms with van der Waals surface area (Å²) in [6.07, 6.45) is 1.07. The van der Waals surface area contributed by atoms with Crippen LogP contribution in [0.25, 0.3) is 0 Å². The number of benzene rings is 1. The SMILES string of the molecule is CC[C@H](C)NC(=O)Cc1csc(NC(=O)Nc2ccc(Cl)cc2)n1.